The second-order valence-corrected chi connectivity index (χ2v) is 25.1. The lowest BCUT2D eigenvalue weighted by Crippen LogP contribution is -2.56. The number of hydrogen-bond acceptors (Lipinski definition) is 1. The lowest BCUT2D eigenvalue weighted by molar-refractivity contribution is 0.332. The van der Waals surface area contributed by atoms with E-state index in [1.165, 1.54) is 147 Å². The van der Waals surface area contributed by atoms with Gasteiger partial charge in [-0.05, 0) is 160 Å². The zero-order valence-corrected chi connectivity index (χ0v) is 42.7. The lowest BCUT2D eigenvalue weighted by atomic mass is 9.44. The molecule has 342 valence electrons. The molecule has 0 saturated heterocycles. The van der Waals surface area contributed by atoms with Crippen LogP contribution in [0.25, 0.3) is 66.0 Å². The van der Waals surface area contributed by atoms with Gasteiger partial charge in [-0.15, -0.1) is 0 Å². The summed E-state index contributed by atoms with van der Waals surface area (Å²) in [5.74, 6) is 0. The molecule has 13 rings (SSSR count). The number of para-hydroxylation sites is 1. The van der Waals surface area contributed by atoms with E-state index in [4.69, 9.17) is 0 Å². The number of nitrogens with zero attached hydrogens (tertiary/aromatic N) is 2. The molecule has 3 heterocycles. The molecule has 0 bridgehead atoms. The van der Waals surface area contributed by atoms with Gasteiger partial charge in [-0.3, -0.25) is 0 Å². The third-order valence-corrected chi connectivity index (χ3v) is 17.9. The van der Waals surface area contributed by atoms with Crippen LogP contribution in [-0.4, -0.2) is 11.3 Å². The van der Waals surface area contributed by atoms with E-state index in [1.54, 1.807) is 0 Å². The van der Waals surface area contributed by atoms with Crippen LogP contribution in [0.3, 0.4) is 0 Å². The predicted octanol–water partition coefficient (Wildman–Crippen LogP) is 16.7. The average Bonchev–Trinajstić information content (AvgIpc) is 3.68. The summed E-state index contributed by atoms with van der Waals surface area (Å²) in [6, 6.07) is 57.5. The van der Waals surface area contributed by atoms with Crippen molar-refractivity contribution in [1.29, 1.82) is 0 Å². The minimum atomic E-state index is -0.0709. The Kier molecular flexibility index (Phi) is 8.77. The smallest absolute Gasteiger partial charge is 0.333 e. The molecule has 0 N–H and O–H groups in total. The molecule has 2 nitrogen and oxygen atoms in total. The minimum Gasteiger partial charge on any atom is -0.375 e. The van der Waals surface area contributed by atoms with Crippen molar-refractivity contribution in [3.63, 3.8) is 0 Å². The summed E-state index contributed by atoms with van der Waals surface area (Å²) in [5, 5.41) is 5.27. The normalized spacial score (nSPS) is 18.0. The molecular weight excluding hydrogens is 832 g/mol. The maximum Gasteiger partial charge on any atom is 0.333 e. The Morgan fingerprint density at radius 2 is 1.03 bits per heavy atom. The highest BCUT2D eigenvalue weighted by molar-refractivity contribution is 6.90. The van der Waals surface area contributed by atoms with E-state index in [0.717, 1.165) is 0 Å². The summed E-state index contributed by atoms with van der Waals surface area (Å²) >= 11 is 0. The maximum atomic E-state index is 2.73. The van der Waals surface area contributed by atoms with Crippen LogP contribution in [0.4, 0.5) is 17.1 Å². The molecular formula is C66H65BN2. The van der Waals surface area contributed by atoms with Gasteiger partial charge in [-0.2, -0.15) is 0 Å². The average molecular weight is 897 g/mol. The Morgan fingerprint density at radius 1 is 0.464 bits per heavy atom. The van der Waals surface area contributed by atoms with Crippen LogP contribution in [-0.2, 0) is 27.1 Å². The monoisotopic (exact) mass is 897 g/mol. The van der Waals surface area contributed by atoms with E-state index in [1.807, 2.05) is 0 Å². The van der Waals surface area contributed by atoms with Crippen molar-refractivity contribution < 1.29 is 0 Å². The Morgan fingerprint density at radius 3 is 1.68 bits per heavy atom. The van der Waals surface area contributed by atoms with Crippen LogP contribution in [0.15, 0.2) is 146 Å². The summed E-state index contributed by atoms with van der Waals surface area (Å²) in [4.78, 5) is 2.61. The molecule has 0 radical (unpaired) electrons. The fourth-order valence-electron chi connectivity index (χ4n) is 13.4. The molecule has 0 fully saturated rings. The van der Waals surface area contributed by atoms with Crippen molar-refractivity contribution in [3.05, 3.63) is 173 Å². The number of benzene rings is 8. The zero-order chi connectivity index (χ0) is 47.7. The van der Waals surface area contributed by atoms with Gasteiger partial charge in [0.1, 0.15) is 0 Å². The Labute approximate surface area is 410 Å². The molecule has 1 aromatic heterocycles. The van der Waals surface area contributed by atoms with Crippen molar-refractivity contribution in [3.8, 4) is 33.4 Å². The molecule has 4 aliphatic rings. The van der Waals surface area contributed by atoms with Crippen molar-refractivity contribution >= 4 is 67.4 Å². The summed E-state index contributed by atoms with van der Waals surface area (Å²) in [6.45, 7) is 26.5. The van der Waals surface area contributed by atoms with E-state index in [-0.39, 0.29) is 33.9 Å². The number of fused-ring (bicyclic) bond motifs is 11. The van der Waals surface area contributed by atoms with Crippen molar-refractivity contribution in [2.24, 2.45) is 0 Å². The Balaban J connectivity index is 1.07. The van der Waals surface area contributed by atoms with Crippen LogP contribution in [0.1, 0.15) is 130 Å². The minimum absolute atomic E-state index is 0.0401. The third-order valence-electron chi connectivity index (χ3n) is 17.9. The fourth-order valence-corrected chi connectivity index (χ4v) is 13.4. The van der Waals surface area contributed by atoms with Gasteiger partial charge in [-0.25, -0.2) is 0 Å². The second-order valence-electron chi connectivity index (χ2n) is 25.1. The Hall–Kier alpha value is -6.32. The molecule has 0 unspecified atom stereocenters. The molecule has 3 heteroatoms. The quantitative estimate of drug-likeness (QED) is 0.160. The topological polar surface area (TPSA) is 8.17 Å². The van der Waals surface area contributed by atoms with Crippen molar-refractivity contribution in [2.45, 2.75) is 129 Å². The van der Waals surface area contributed by atoms with Crippen LogP contribution in [0.2, 0.25) is 0 Å². The van der Waals surface area contributed by atoms with Gasteiger partial charge >= 0.3 is 6.85 Å². The number of rotatable bonds is 3. The highest BCUT2D eigenvalue weighted by Crippen LogP contribution is 2.51. The largest absolute Gasteiger partial charge is 0.375 e. The highest BCUT2D eigenvalue weighted by atomic mass is 15.2. The highest BCUT2D eigenvalue weighted by Gasteiger charge is 2.44. The molecule has 9 aromatic rings. The first-order valence-electron chi connectivity index (χ1n) is 25.8. The number of anilines is 3. The molecule has 0 saturated carbocycles. The van der Waals surface area contributed by atoms with Crippen LogP contribution in [0.5, 0.6) is 0 Å². The fraction of sp³-hybridized carbons (Fsp3) is 0.303. The molecule has 0 spiro atoms. The Bertz CT molecular complexity index is 3660. The van der Waals surface area contributed by atoms with E-state index in [2.05, 4.69) is 231 Å². The van der Waals surface area contributed by atoms with E-state index in [9.17, 15) is 0 Å². The van der Waals surface area contributed by atoms with Crippen molar-refractivity contribution in [2.75, 3.05) is 4.90 Å². The van der Waals surface area contributed by atoms with E-state index in [0.29, 0.717) is 0 Å². The summed E-state index contributed by atoms with van der Waals surface area (Å²) in [5.41, 5.74) is 24.8. The molecule has 8 aromatic carbocycles. The van der Waals surface area contributed by atoms with Gasteiger partial charge in [-0.1, -0.05) is 191 Å². The van der Waals surface area contributed by atoms with Crippen LogP contribution in [0, 0.1) is 0 Å². The first kappa shape index (κ1) is 42.8. The van der Waals surface area contributed by atoms with Gasteiger partial charge in [0.2, 0.25) is 0 Å². The number of aromatic nitrogens is 1. The van der Waals surface area contributed by atoms with Gasteiger partial charge in [0, 0.05) is 44.4 Å². The second kappa shape index (κ2) is 14.2. The molecule has 69 heavy (non-hydrogen) atoms. The van der Waals surface area contributed by atoms with Gasteiger partial charge in [0.15, 0.2) is 0 Å². The SMILES string of the molecule is CC(C)(C)c1cc2c3c(c1)N(c1ccc(-c4ccc5c(c4)C(C)(C)CCC5(C)C)cc1)c1ccc(-c4ccc5c(c4)C(C)(C)CCC5(C)C)cc1B3n1c3ccc4ccccc4c3c3cccc-2c31. The molecule has 2 aliphatic carbocycles. The first-order chi connectivity index (χ1) is 32.8. The van der Waals surface area contributed by atoms with Crippen LogP contribution < -0.4 is 15.8 Å². The maximum absolute atomic E-state index is 2.73. The van der Waals surface area contributed by atoms with E-state index >= 15 is 0 Å². The predicted molar refractivity (Wildman–Crippen MR) is 298 cm³/mol. The van der Waals surface area contributed by atoms with Gasteiger partial charge in [0.05, 0.1) is 0 Å². The summed E-state index contributed by atoms with van der Waals surface area (Å²) < 4.78 is 2.73. The molecule has 2 aliphatic heterocycles. The summed E-state index contributed by atoms with van der Waals surface area (Å²) in [6.07, 6.45) is 4.83. The standard InChI is InChI=1S/C66H65BN2/c1-62(2,3)45-38-50-48-17-14-18-49-59-47-16-13-12-15-41(47)23-30-57(59)69(61(48)49)67-55-37-44(43-22-28-52-54(36-43)66(10,11)34-32-64(52,6)7)24-29-56(55)68(58(39-45)60(50)67)46-25-19-40(20-26-46)42-21-27-51-53(35-42)65(8,9)33-31-63(51,4)5/h12-30,35-39H,31-34H2,1-11H3. The number of hydrogen-bond donors (Lipinski definition) is 0. The van der Waals surface area contributed by atoms with Gasteiger partial charge in [0.25, 0.3) is 0 Å². The first-order valence-corrected chi connectivity index (χ1v) is 25.8. The van der Waals surface area contributed by atoms with Gasteiger partial charge < -0.3 is 9.38 Å². The van der Waals surface area contributed by atoms with Crippen molar-refractivity contribution in [1.82, 2.24) is 4.48 Å². The molecule has 0 atom stereocenters. The van der Waals surface area contributed by atoms with E-state index < -0.39 is 0 Å². The zero-order valence-electron chi connectivity index (χ0n) is 42.7. The van der Waals surface area contributed by atoms with Crippen LogP contribution >= 0.6 is 0 Å². The molecule has 0 amide bonds. The summed E-state index contributed by atoms with van der Waals surface area (Å²) in [7, 11) is 0. The lowest BCUT2D eigenvalue weighted by Gasteiger charge is -2.42. The third kappa shape index (κ3) is 6.17.